The Balaban J connectivity index is 1.44. The Morgan fingerprint density at radius 2 is 1.77 bits per heavy atom. The van der Waals surface area contributed by atoms with Crippen LogP contribution in [0.3, 0.4) is 0 Å². The van der Waals surface area contributed by atoms with E-state index >= 15 is 0 Å². The molecule has 0 aliphatic rings. The molecule has 0 aliphatic carbocycles. The lowest BCUT2D eigenvalue weighted by molar-refractivity contribution is 0.0282. The SMILES string of the molecule is C[C@@H](OC(=O)c1cc(-c2ccco2)nc2ccccc12)c1nnc(-c2ccccc2)o1. The Labute approximate surface area is 177 Å². The first-order valence-electron chi connectivity index (χ1n) is 9.72. The topological polar surface area (TPSA) is 91.2 Å². The summed E-state index contributed by atoms with van der Waals surface area (Å²) in [5, 5.41) is 8.78. The maximum Gasteiger partial charge on any atom is 0.339 e. The van der Waals surface area contributed by atoms with Gasteiger partial charge in [0.15, 0.2) is 11.9 Å². The quantitative estimate of drug-likeness (QED) is 0.355. The van der Waals surface area contributed by atoms with Gasteiger partial charge in [-0.3, -0.25) is 0 Å². The highest BCUT2D eigenvalue weighted by Gasteiger charge is 2.22. The van der Waals surface area contributed by atoms with Crippen molar-refractivity contribution in [1.82, 2.24) is 15.2 Å². The molecule has 3 heterocycles. The number of fused-ring (bicyclic) bond motifs is 1. The zero-order chi connectivity index (χ0) is 21.2. The van der Waals surface area contributed by atoms with Crippen LogP contribution >= 0.6 is 0 Å². The molecule has 5 aromatic rings. The van der Waals surface area contributed by atoms with Gasteiger partial charge in [0.2, 0.25) is 5.89 Å². The Morgan fingerprint density at radius 3 is 2.58 bits per heavy atom. The molecule has 31 heavy (non-hydrogen) atoms. The lowest BCUT2D eigenvalue weighted by Crippen LogP contribution is -2.11. The highest BCUT2D eigenvalue weighted by Crippen LogP contribution is 2.28. The summed E-state index contributed by atoms with van der Waals surface area (Å²) >= 11 is 0. The highest BCUT2D eigenvalue weighted by atomic mass is 16.6. The normalized spacial score (nSPS) is 12.0. The van der Waals surface area contributed by atoms with Gasteiger partial charge in [-0.25, -0.2) is 9.78 Å². The maximum atomic E-state index is 13.1. The van der Waals surface area contributed by atoms with Crippen molar-refractivity contribution in [2.24, 2.45) is 0 Å². The van der Waals surface area contributed by atoms with E-state index in [9.17, 15) is 4.79 Å². The van der Waals surface area contributed by atoms with Gasteiger partial charge in [0.05, 0.1) is 17.3 Å². The number of hydrogen-bond donors (Lipinski definition) is 0. The summed E-state index contributed by atoms with van der Waals surface area (Å²) in [7, 11) is 0. The molecule has 7 heteroatoms. The number of carbonyl (C=O) groups excluding carboxylic acids is 1. The molecule has 0 bridgehead atoms. The van der Waals surface area contributed by atoms with Crippen LogP contribution in [0.15, 0.2) is 87.9 Å². The molecule has 0 saturated heterocycles. The smallest absolute Gasteiger partial charge is 0.339 e. The predicted octanol–water partition coefficient (Wildman–Crippen LogP) is 5.46. The van der Waals surface area contributed by atoms with Crippen LogP contribution in [0.4, 0.5) is 0 Å². The Morgan fingerprint density at radius 1 is 0.968 bits per heavy atom. The number of ether oxygens (including phenoxy) is 1. The van der Waals surface area contributed by atoms with Gasteiger partial charge in [0.1, 0.15) is 5.69 Å². The zero-order valence-corrected chi connectivity index (χ0v) is 16.6. The lowest BCUT2D eigenvalue weighted by atomic mass is 10.1. The largest absolute Gasteiger partial charge is 0.463 e. The van der Waals surface area contributed by atoms with E-state index < -0.39 is 12.1 Å². The van der Waals surface area contributed by atoms with Gasteiger partial charge < -0.3 is 13.6 Å². The number of pyridine rings is 1. The number of esters is 1. The van der Waals surface area contributed by atoms with Crippen molar-refractivity contribution in [2.75, 3.05) is 0 Å². The fourth-order valence-corrected chi connectivity index (χ4v) is 3.27. The highest BCUT2D eigenvalue weighted by molar-refractivity contribution is 6.04. The molecular formula is C24H17N3O4. The average molecular weight is 411 g/mol. The van der Waals surface area contributed by atoms with Crippen molar-refractivity contribution in [1.29, 1.82) is 0 Å². The summed E-state index contributed by atoms with van der Waals surface area (Å²) in [6.07, 6.45) is 0.836. The summed E-state index contributed by atoms with van der Waals surface area (Å²) in [5.74, 6) is 0.639. The van der Waals surface area contributed by atoms with Crippen molar-refractivity contribution in [3.8, 4) is 22.9 Å². The second-order valence-electron chi connectivity index (χ2n) is 6.91. The summed E-state index contributed by atoms with van der Waals surface area (Å²) < 4.78 is 16.8. The minimum absolute atomic E-state index is 0.219. The molecule has 3 aromatic heterocycles. The molecule has 7 nitrogen and oxygen atoms in total. The van der Waals surface area contributed by atoms with Crippen molar-refractivity contribution >= 4 is 16.9 Å². The Bertz CT molecular complexity index is 1340. The molecule has 5 rings (SSSR count). The molecule has 0 aliphatic heterocycles. The molecular weight excluding hydrogens is 394 g/mol. The molecule has 0 fully saturated rings. The summed E-state index contributed by atoms with van der Waals surface area (Å²) in [4.78, 5) is 17.7. The number of rotatable bonds is 5. The average Bonchev–Trinajstić information content (AvgIpc) is 3.51. The monoisotopic (exact) mass is 411 g/mol. The van der Waals surface area contributed by atoms with Gasteiger partial charge in [0.25, 0.3) is 5.89 Å². The number of furan rings is 1. The van der Waals surface area contributed by atoms with Gasteiger partial charge in [-0.2, -0.15) is 0 Å². The number of carbonyl (C=O) groups is 1. The molecule has 152 valence electrons. The van der Waals surface area contributed by atoms with Crippen LogP contribution in [0, 0.1) is 0 Å². The van der Waals surface area contributed by atoms with Gasteiger partial charge in [-0.1, -0.05) is 36.4 Å². The molecule has 2 aromatic carbocycles. The van der Waals surface area contributed by atoms with E-state index in [0.29, 0.717) is 33.8 Å². The van der Waals surface area contributed by atoms with E-state index in [0.717, 1.165) is 5.56 Å². The third-order valence-electron chi connectivity index (χ3n) is 4.80. The summed E-state index contributed by atoms with van der Waals surface area (Å²) in [5.41, 5.74) is 2.39. The number of nitrogens with zero attached hydrogens (tertiary/aromatic N) is 3. The standard InChI is InChI=1S/C24H17N3O4/c1-15(22-26-27-23(31-22)16-8-3-2-4-9-16)30-24(28)18-14-20(21-12-7-13-29-21)25-19-11-6-5-10-17(18)19/h2-15H,1H3/t15-/m1/s1. The first-order chi connectivity index (χ1) is 15.2. The van der Waals surface area contributed by atoms with E-state index in [2.05, 4.69) is 15.2 Å². The van der Waals surface area contributed by atoms with E-state index in [-0.39, 0.29) is 5.89 Å². The Hall–Kier alpha value is -4.26. The molecule has 0 saturated carbocycles. The molecule has 0 unspecified atom stereocenters. The summed E-state index contributed by atoms with van der Waals surface area (Å²) in [6, 6.07) is 22.0. The number of benzene rings is 2. The van der Waals surface area contributed by atoms with Crippen molar-refractivity contribution in [2.45, 2.75) is 13.0 Å². The minimum Gasteiger partial charge on any atom is -0.463 e. The van der Waals surface area contributed by atoms with Crippen LogP contribution in [-0.4, -0.2) is 21.2 Å². The second kappa shape index (κ2) is 7.87. The number of aromatic nitrogens is 3. The van der Waals surface area contributed by atoms with Crippen LogP contribution in [-0.2, 0) is 4.74 Å². The van der Waals surface area contributed by atoms with Crippen LogP contribution in [0.25, 0.3) is 33.8 Å². The lowest BCUT2D eigenvalue weighted by Gasteiger charge is -2.12. The molecule has 1 atom stereocenters. The molecule has 0 spiro atoms. The van der Waals surface area contributed by atoms with Gasteiger partial charge >= 0.3 is 5.97 Å². The van der Waals surface area contributed by atoms with E-state index in [1.54, 1.807) is 31.4 Å². The van der Waals surface area contributed by atoms with Crippen molar-refractivity contribution in [3.05, 3.63) is 90.5 Å². The number of para-hydroxylation sites is 1. The zero-order valence-electron chi connectivity index (χ0n) is 16.6. The van der Waals surface area contributed by atoms with Gasteiger partial charge in [-0.05, 0) is 43.3 Å². The molecule has 0 N–H and O–H groups in total. The molecule has 0 amide bonds. The fourth-order valence-electron chi connectivity index (χ4n) is 3.27. The first-order valence-corrected chi connectivity index (χ1v) is 9.72. The second-order valence-corrected chi connectivity index (χ2v) is 6.91. The van der Waals surface area contributed by atoms with Crippen LogP contribution in [0.5, 0.6) is 0 Å². The van der Waals surface area contributed by atoms with Gasteiger partial charge in [-0.15, -0.1) is 10.2 Å². The van der Waals surface area contributed by atoms with Crippen LogP contribution < -0.4 is 0 Å². The number of hydrogen-bond acceptors (Lipinski definition) is 7. The van der Waals surface area contributed by atoms with Crippen molar-refractivity contribution in [3.63, 3.8) is 0 Å². The summed E-state index contributed by atoms with van der Waals surface area (Å²) in [6.45, 7) is 1.69. The first kappa shape index (κ1) is 18.7. The van der Waals surface area contributed by atoms with Crippen LogP contribution in [0.2, 0.25) is 0 Å². The van der Waals surface area contributed by atoms with E-state index in [1.807, 2.05) is 54.6 Å². The Kier molecular flexibility index (Phi) is 4.76. The third-order valence-corrected chi connectivity index (χ3v) is 4.80. The van der Waals surface area contributed by atoms with Crippen LogP contribution in [0.1, 0.15) is 29.3 Å². The predicted molar refractivity (Wildman–Crippen MR) is 113 cm³/mol. The minimum atomic E-state index is -0.726. The van der Waals surface area contributed by atoms with E-state index in [1.165, 1.54) is 0 Å². The van der Waals surface area contributed by atoms with Crippen molar-refractivity contribution < 1.29 is 18.4 Å². The fraction of sp³-hybridized carbons (Fsp3) is 0.0833. The maximum absolute atomic E-state index is 13.1. The van der Waals surface area contributed by atoms with Gasteiger partial charge in [0, 0.05) is 10.9 Å². The third kappa shape index (κ3) is 3.69. The van der Waals surface area contributed by atoms with E-state index in [4.69, 9.17) is 13.6 Å². The molecule has 0 radical (unpaired) electrons.